The second kappa shape index (κ2) is 9.17. The molecule has 7 heteroatoms. The van der Waals surface area contributed by atoms with Crippen LogP contribution in [0.25, 0.3) is 0 Å². The van der Waals surface area contributed by atoms with E-state index in [1.165, 1.54) is 0 Å². The van der Waals surface area contributed by atoms with Crippen molar-refractivity contribution in [2.45, 2.75) is 51.7 Å². The van der Waals surface area contributed by atoms with Crippen molar-refractivity contribution >= 4 is 12.1 Å². The van der Waals surface area contributed by atoms with Gasteiger partial charge in [0.2, 0.25) is 0 Å². The number of nitrogens with zero attached hydrogens (tertiary/aromatic N) is 2. The molecule has 1 N–H and O–H groups in total. The Labute approximate surface area is 167 Å². The summed E-state index contributed by atoms with van der Waals surface area (Å²) in [6.45, 7) is 6.57. The number of rotatable bonds is 6. The maximum absolute atomic E-state index is 12.5. The summed E-state index contributed by atoms with van der Waals surface area (Å²) < 4.78 is 10.5. The summed E-state index contributed by atoms with van der Waals surface area (Å²) in [5.41, 5.74) is 1.03. The smallest absolute Gasteiger partial charge is 0.410 e. The van der Waals surface area contributed by atoms with E-state index in [-0.39, 0.29) is 24.2 Å². The Hall–Kier alpha value is -2.44. The van der Waals surface area contributed by atoms with Crippen LogP contribution in [0.5, 0.6) is 5.75 Å². The summed E-state index contributed by atoms with van der Waals surface area (Å²) in [7, 11) is 1.63. The lowest BCUT2D eigenvalue weighted by atomic mass is 9.95. The van der Waals surface area contributed by atoms with E-state index >= 15 is 0 Å². The molecule has 3 rings (SSSR count). The van der Waals surface area contributed by atoms with E-state index in [4.69, 9.17) is 9.47 Å². The molecule has 154 valence electrons. The van der Waals surface area contributed by atoms with Gasteiger partial charge >= 0.3 is 12.1 Å². The molecule has 0 aromatic heterocycles. The van der Waals surface area contributed by atoms with E-state index in [1.54, 1.807) is 7.11 Å². The van der Waals surface area contributed by atoms with E-state index in [9.17, 15) is 9.59 Å². The SMILES string of the molecule is CCC(C)C1COC(=O)N1C1CCN(C(=O)NCc2ccc(OC)cc2)CC1. The maximum atomic E-state index is 12.5. The van der Waals surface area contributed by atoms with Crippen LogP contribution in [0.2, 0.25) is 0 Å². The molecule has 28 heavy (non-hydrogen) atoms. The molecule has 7 nitrogen and oxygen atoms in total. The summed E-state index contributed by atoms with van der Waals surface area (Å²) in [5.74, 6) is 1.21. The van der Waals surface area contributed by atoms with Gasteiger partial charge in [-0.05, 0) is 36.5 Å². The van der Waals surface area contributed by atoms with Crippen LogP contribution in [0.3, 0.4) is 0 Å². The largest absolute Gasteiger partial charge is 0.497 e. The molecule has 1 aromatic carbocycles. The van der Waals surface area contributed by atoms with Crippen molar-refractivity contribution in [1.82, 2.24) is 15.1 Å². The van der Waals surface area contributed by atoms with Gasteiger partial charge < -0.3 is 19.7 Å². The summed E-state index contributed by atoms with van der Waals surface area (Å²) in [5, 5.41) is 2.98. The molecule has 2 heterocycles. The van der Waals surface area contributed by atoms with Gasteiger partial charge in [-0.2, -0.15) is 0 Å². The Morgan fingerprint density at radius 2 is 1.96 bits per heavy atom. The number of benzene rings is 1. The molecule has 0 radical (unpaired) electrons. The predicted octanol–water partition coefficient (Wildman–Crippen LogP) is 3.24. The number of hydrogen-bond donors (Lipinski definition) is 1. The minimum atomic E-state index is -0.201. The van der Waals surface area contributed by atoms with Crippen LogP contribution in [0.4, 0.5) is 9.59 Å². The summed E-state index contributed by atoms with van der Waals surface area (Å²) >= 11 is 0. The Morgan fingerprint density at radius 3 is 2.57 bits per heavy atom. The quantitative estimate of drug-likeness (QED) is 0.811. The van der Waals surface area contributed by atoms with Gasteiger partial charge in [-0.25, -0.2) is 9.59 Å². The van der Waals surface area contributed by atoms with Crippen molar-refractivity contribution in [2.24, 2.45) is 5.92 Å². The standard InChI is InChI=1S/C21H31N3O4/c1-4-15(2)19-14-28-21(26)24(19)17-9-11-23(12-10-17)20(25)22-13-16-5-7-18(27-3)8-6-16/h5-8,15,17,19H,4,9-14H2,1-3H3,(H,22,25). The lowest BCUT2D eigenvalue weighted by Crippen LogP contribution is -2.52. The Balaban J connectivity index is 1.48. The lowest BCUT2D eigenvalue weighted by molar-refractivity contribution is 0.103. The van der Waals surface area contributed by atoms with Crippen LogP contribution < -0.4 is 10.1 Å². The van der Waals surface area contributed by atoms with E-state index in [0.29, 0.717) is 32.2 Å². The average Bonchev–Trinajstić information content (AvgIpc) is 3.13. The van der Waals surface area contributed by atoms with Crippen molar-refractivity contribution in [1.29, 1.82) is 0 Å². The first-order valence-corrected chi connectivity index (χ1v) is 10.1. The van der Waals surface area contributed by atoms with Crippen molar-refractivity contribution in [3.05, 3.63) is 29.8 Å². The van der Waals surface area contributed by atoms with Gasteiger partial charge in [0.15, 0.2) is 0 Å². The van der Waals surface area contributed by atoms with E-state index in [1.807, 2.05) is 34.1 Å². The van der Waals surface area contributed by atoms with Crippen molar-refractivity contribution in [3.63, 3.8) is 0 Å². The van der Waals surface area contributed by atoms with Crippen LogP contribution in [-0.2, 0) is 11.3 Å². The van der Waals surface area contributed by atoms with Gasteiger partial charge in [0.1, 0.15) is 12.4 Å². The number of urea groups is 1. The third kappa shape index (κ3) is 4.51. The highest BCUT2D eigenvalue weighted by molar-refractivity contribution is 5.74. The highest BCUT2D eigenvalue weighted by Crippen LogP contribution is 2.28. The first-order valence-electron chi connectivity index (χ1n) is 10.1. The first kappa shape index (κ1) is 20.3. The predicted molar refractivity (Wildman–Crippen MR) is 106 cm³/mol. The Morgan fingerprint density at radius 1 is 1.29 bits per heavy atom. The van der Waals surface area contributed by atoms with E-state index in [0.717, 1.165) is 30.6 Å². The van der Waals surface area contributed by atoms with Gasteiger partial charge in [0, 0.05) is 25.7 Å². The molecule has 0 bridgehead atoms. The highest BCUT2D eigenvalue weighted by atomic mass is 16.6. The van der Waals surface area contributed by atoms with Gasteiger partial charge in [-0.1, -0.05) is 32.4 Å². The number of ether oxygens (including phenoxy) is 2. The number of nitrogens with one attached hydrogen (secondary N) is 1. The maximum Gasteiger partial charge on any atom is 0.410 e. The lowest BCUT2D eigenvalue weighted by Gasteiger charge is -2.39. The second-order valence-electron chi connectivity index (χ2n) is 7.66. The number of carbonyl (C=O) groups is 2. The number of piperidine rings is 1. The molecule has 2 unspecified atom stereocenters. The number of cyclic esters (lactones) is 1. The fraction of sp³-hybridized carbons (Fsp3) is 0.619. The minimum Gasteiger partial charge on any atom is -0.497 e. The van der Waals surface area contributed by atoms with Crippen molar-refractivity contribution in [2.75, 3.05) is 26.8 Å². The second-order valence-corrected chi connectivity index (χ2v) is 7.66. The average molecular weight is 389 g/mol. The number of hydrogen-bond acceptors (Lipinski definition) is 4. The third-order valence-corrected chi connectivity index (χ3v) is 5.99. The monoisotopic (exact) mass is 389 g/mol. The zero-order chi connectivity index (χ0) is 20.1. The fourth-order valence-corrected chi connectivity index (χ4v) is 3.96. The van der Waals surface area contributed by atoms with Gasteiger partial charge in [-0.3, -0.25) is 4.90 Å². The molecule has 2 fully saturated rings. The molecule has 3 amide bonds. The fourth-order valence-electron chi connectivity index (χ4n) is 3.96. The summed E-state index contributed by atoms with van der Waals surface area (Å²) in [6.07, 6.45) is 2.40. The van der Waals surface area contributed by atoms with E-state index in [2.05, 4.69) is 19.2 Å². The highest BCUT2D eigenvalue weighted by Gasteiger charge is 2.41. The molecule has 2 aliphatic heterocycles. The number of amides is 3. The Kier molecular flexibility index (Phi) is 6.65. The van der Waals surface area contributed by atoms with Gasteiger partial charge in [0.05, 0.1) is 13.2 Å². The number of likely N-dealkylation sites (tertiary alicyclic amines) is 1. The van der Waals surface area contributed by atoms with Crippen LogP contribution in [0.1, 0.15) is 38.7 Å². The topological polar surface area (TPSA) is 71.1 Å². The normalized spacial score (nSPS) is 21.4. The van der Waals surface area contributed by atoms with Crippen LogP contribution in [-0.4, -0.2) is 60.8 Å². The molecule has 0 saturated carbocycles. The molecule has 2 atom stereocenters. The zero-order valence-corrected chi connectivity index (χ0v) is 17.0. The summed E-state index contributed by atoms with van der Waals surface area (Å²) in [6, 6.07) is 7.90. The van der Waals surface area contributed by atoms with Gasteiger partial charge in [0.25, 0.3) is 0 Å². The molecule has 2 saturated heterocycles. The molecular formula is C21H31N3O4. The molecular weight excluding hydrogens is 358 g/mol. The van der Waals surface area contributed by atoms with Crippen LogP contribution >= 0.6 is 0 Å². The molecule has 1 aromatic rings. The summed E-state index contributed by atoms with van der Waals surface area (Å²) in [4.78, 5) is 28.5. The van der Waals surface area contributed by atoms with Gasteiger partial charge in [-0.15, -0.1) is 0 Å². The Bertz CT molecular complexity index is 671. The number of carbonyl (C=O) groups excluding carboxylic acids is 2. The van der Waals surface area contributed by atoms with Crippen molar-refractivity contribution in [3.8, 4) is 5.75 Å². The van der Waals surface area contributed by atoms with Crippen LogP contribution in [0, 0.1) is 5.92 Å². The molecule has 0 aliphatic carbocycles. The third-order valence-electron chi connectivity index (χ3n) is 5.99. The first-order chi connectivity index (χ1) is 13.5. The zero-order valence-electron chi connectivity index (χ0n) is 17.0. The number of methoxy groups -OCH3 is 1. The van der Waals surface area contributed by atoms with Crippen molar-refractivity contribution < 1.29 is 19.1 Å². The molecule has 0 spiro atoms. The molecule has 2 aliphatic rings. The van der Waals surface area contributed by atoms with E-state index < -0.39 is 0 Å². The minimum absolute atomic E-state index is 0.0586. The van der Waals surface area contributed by atoms with Crippen LogP contribution in [0.15, 0.2) is 24.3 Å².